The average molecular weight is 423 g/mol. The van der Waals surface area contributed by atoms with E-state index in [0.717, 1.165) is 48.1 Å². The lowest BCUT2D eigenvalue weighted by atomic mass is 9.81. The van der Waals surface area contributed by atoms with E-state index in [1.54, 1.807) is 0 Å². The molecule has 4 aliphatic rings. The van der Waals surface area contributed by atoms with Gasteiger partial charge in [0.1, 0.15) is 5.00 Å². The Bertz CT molecular complexity index is 1060. The minimum atomic E-state index is -0.388. The lowest BCUT2D eigenvalue weighted by Gasteiger charge is -2.18. The SMILES string of the molecule is Cc1ccc(NC(=O)c2c(N3C(=O)[C@H]4[C@H](C3=O)[C@H]3CC[C@H]4O3)sc3c2CCC3)cc1. The zero-order chi connectivity index (χ0) is 20.6. The third-order valence-corrected chi connectivity index (χ3v) is 8.20. The molecule has 3 amide bonds. The van der Waals surface area contributed by atoms with Crippen LogP contribution in [0.5, 0.6) is 0 Å². The number of benzene rings is 1. The molecule has 2 bridgehead atoms. The van der Waals surface area contributed by atoms with Crippen molar-refractivity contribution in [3.63, 3.8) is 0 Å². The predicted molar refractivity (Wildman–Crippen MR) is 113 cm³/mol. The number of rotatable bonds is 3. The Morgan fingerprint density at radius 3 is 2.40 bits per heavy atom. The number of hydrogen-bond donors (Lipinski definition) is 1. The van der Waals surface area contributed by atoms with Crippen molar-refractivity contribution in [2.75, 3.05) is 10.2 Å². The van der Waals surface area contributed by atoms with Gasteiger partial charge in [-0.2, -0.15) is 0 Å². The molecule has 2 aromatic rings. The van der Waals surface area contributed by atoms with E-state index in [9.17, 15) is 14.4 Å². The van der Waals surface area contributed by atoms with Crippen LogP contribution in [0, 0.1) is 18.8 Å². The van der Waals surface area contributed by atoms with Gasteiger partial charge in [-0.25, -0.2) is 4.90 Å². The van der Waals surface area contributed by atoms with Gasteiger partial charge in [-0.1, -0.05) is 17.7 Å². The summed E-state index contributed by atoms with van der Waals surface area (Å²) >= 11 is 1.44. The zero-order valence-corrected chi connectivity index (χ0v) is 17.5. The van der Waals surface area contributed by atoms with E-state index in [0.29, 0.717) is 16.3 Å². The average Bonchev–Trinajstić information content (AvgIpc) is 3.50. The molecule has 0 unspecified atom stereocenters. The Kier molecular flexibility index (Phi) is 3.95. The van der Waals surface area contributed by atoms with E-state index in [-0.39, 0.29) is 41.8 Å². The van der Waals surface area contributed by atoms with Crippen LogP contribution in [-0.2, 0) is 27.2 Å². The highest BCUT2D eigenvalue weighted by molar-refractivity contribution is 7.17. The largest absolute Gasteiger partial charge is 0.373 e. The van der Waals surface area contributed by atoms with E-state index in [1.165, 1.54) is 16.2 Å². The van der Waals surface area contributed by atoms with Crippen LogP contribution in [-0.4, -0.2) is 29.9 Å². The maximum atomic E-state index is 13.3. The third kappa shape index (κ3) is 2.48. The molecule has 1 N–H and O–H groups in total. The summed E-state index contributed by atoms with van der Waals surface area (Å²) in [5.41, 5.74) is 3.32. The van der Waals surface area contributed by atoms with Crippen LogP contribution in [0.4, 0.5) is 10.7 Å². The van der Waals surface area contributed by atoms with Crippen LogP contribution >= 0.6 is 11.3 Å². The fourth-order valence-electron chi connectivity index (χ4n) is 5.52. The quantitative estimate of drug-likeness (QED) is 0.769. The number of nitrogens with one attached hydrogen (secondary N) is 1. The fraction of sp³-hybridized carbons (Fsp3) is 0.435. The van der Waals surface area contributed by atoms with Crippen LogP contribution in [0.15, 0.2) is 24.3 Å². The van der Waals surface area contributed by atoms with Gasteiger partial charge < -0.3 is 10.1 Å². The lowest BCUT2D eigenvalue weighted by molar-refractivity contribution is -0.124. The first kappa shape index (κ1) is 18.3. The molecule has 4 atom stereocenters. The van der Waals surface area contributed by atoms with E-state index < -0.39 is 0 Å². The minimum absolute atomic E-state index is 0.155. The first-order valence-corrected chi connectivity index (χ1v) is 11.4. The highest BCUT2D eigenvalue weighted by Gasteiger charge is 2.63. The van der Waals surface area contributed by atoms with Gasteiger partial charge in [-0.3, -0.25) is 14.4 Å². The topological polar surface area (TPSA) is 75.7 Å². The van der Waals surface area contributed by atoms with Crippen molar-refractivity contribution in [2.45, 2.75) is 51.2 Å². The molecule has 6 rings (SSSR count). The maximum absolute atomic E-state index is 13.3. The number of amides is 3. The van der Waals surface area contributed by atoms with Crippen LogP contribution in [0.2, 0.25) is 0 Å². The number of aryl methyl sites for hydroxylation is 2. The van der Waals surface area contributed by atoms with Crippen molar-refractivity contribution in [1.82, 2.24) is 0 Å². The van der Waals surface area contributed by atoms with Crippen molar-refractivity contribution in [3.8, 4) is 0 Å². The minimum Gasteiger partial charge on any atom is -0.373 e. The highest BCUT2D eigenvalue weighted by atomic mass is 32.1. The number of hydrogen-bond acceptors (Lipinski definition) is 5. The van der Waals surface area contributed by atoms with Crippen LogP contribution in [0.25, 0.3) is 0 Å². The maximum Gasteiger partial charge on any atom is 0.258 e. The predicted octanol–water partition coefficient (Wildman–Crippen LogP) is 3.46. The summed E-state index contributed by atoms with van der Waals surface area (Å²) in [5, 5.41) is 3.48. The molecule has 6 nitrogen and oxygen atoms in total. The summed E-state index contributed by atoms with van der Waals surface area (Å²) in [5.74, 6) is -1.41. The molecule has 0 spiro atoms. The molecule has 0 saturated carbocycles. The van der Waals surface area contributed by atoms with Crippen LogP contribution in [0.1, 0.15) is 45.6 Å². The Labute approximate surface area is 178 Å². The van der Waals surface area contributed by atoms with Gasteiger partial charge in [-0.05, 0) is 56.7 Å². The van der Waals surface area contributed by atoms with Crippen LogP contribution in [0.3, 0.4) is 0 Å². The van der Waals surface area contributed by atoms with Crippen molar-refractivity contribution in [2.24, 2.45) is 11.8 Å². The van der Waals surface area contributed by atoms with Crippen LogP contribution < -0.4 is 10.2 Å². The number of anilines is 2. The zero-order valence-electron chi connectivity index (χ0n) is 16.6. The first-order valence-electron chi connectivity index (χ1n) is 10.6. The van der Waals surface area contributed by atoms with Gasteiger partial charge in [0.15, 0.2) is 0 Å². The van der Waals surface area contributed by atoms with Crippen molar-refractivity contribution >= 4 is 39.7 Å². The molecule has 1 aliphatic carbocycles. The molecule has 1 aromatic heterocycles. The number of fused-ring (bicyclic) bond motifs is 6. The van der Waals surface area contributed by atoms with Crippen molar-refractivity contribution in [3.05, 3.63) is 45.8 Å². The lowest BCUT2D eigenvalue weighted by Crippen LogP contribution is -2.35. The standard InChI is InChI=1S/C23H22N2O4S/c1-11-5-7-12(8-6-11)24-20(26)17-13-3-2-4-16(13)30-23(17)25-21(27)18-14-9-10-15(29-14)19(18)22(25)28/h5-8,14-15,18-19H,2-4,9-10H2,1H3,(H,24,26)/t14-,15-,18-,19-/m1/s1. The molecular weight excluding hydrogens is 400 g/mol. The summed E-state index contributed by atoms with van der Waals surface area (Å²) in [4.78, 5) is 42.3. The molecule has 30 heavy (non-hydrogen) atoms. The number of nitrogens with zero attached hydrogens (tertiary/aromatic N) is 1. The molecule has 1 aromatic carbocycles. The Hall–Kier alpha value is -2.51. The fourth-order valence-corrected chi connectivity index (χ4v) is 6.92. The van der Waals surface area contributed by atoms with Crippen molar-refractivity contribution in [1.29, 1.82) is 0 Å². The van der Waals surface area contributed by atoms with E-state index in [1.807, 2.05) is 31.2 Å². The molecule has 4 heterocycles. The monoisotopic (exact) mass is 422 g/mol. The molecule has 7 heteroatoms. The molecule has 3 saturated heterocycles. The number of carbonyl (C=O) groups is 3. The highest BCUT2D eigenvalue weighted by Crippen LogP contribution is 2.52. The van der Waals surface area contributed by atoms with E-state index in [4.69, 9.17) is 4.74 Å². The van der Waals surface area contributed by atoms with Gasteiger partial charge in [-0.15, -0.1) is 11.3 Å². The number of thiophene rings is 1. The van der Waals surface area contributed by atoms with E-state index in [2.05, 4.69) is 5.32 Å². The number of ether oxygens (including phenoxy) is 1. The summed E-state index contributed by atoms with van der Waals surface area (Å²) in [6, 6.07) is 7.62. The normalized spacial score (nSPS) is 28.9. The van der Waals surface area contributed by atoms with Gasteiger partial charge in [0.05, 0.1) is 29.6 Å². The van der Waals surface area contributed by atoms with E-state index >= 15 is 0 Å². The molecule has 3 aliphatic heterocycles. The second-order valence-electron chi connectivity index (χ2n) is 8.71. The second-order valence-corrected chi connectivity index (χ2v) is 9.80. The Morgan fingerprint density at radius 1 is 1.07 bits per heavy atom. The second kappa shape index (κ2) is 6.49. The summed E-state index contributed by atoms with van der Waals surface area (Å²) in [7, 11) is 0. The molecule has 3 fully saturated rings. The van der Waals surface area contributed by atoms with Gasteiger partial charge in [0, 0.05) is 10.6 Å². The van der Waals surface area contributed by atoms with Gasteiger partial charge >= 0.3 is 0 Å². The van der Waals surface area contributed by atoms with Crippen molar-refractivity contribution < 1.29 is 19.1 Å². The summed E-state index contributed by atoms with van der Waals surface area (Å²) < 4.78 is 5.85. The summed E-state index contributed by atoms with van der Waals surface area (Å²) in [6.45, 7) is 1.99. The third-order valence-electron chi connectivity index (χ3n) is 6.93. The Balaban J connectivity index is 1.39. The molecular formula is C23H22N2O4S. The number of carbonyl (C=O) groups excluding carboxylic acids is 3. The number of imide groups is 1. The molecule has 154 valence electrons. The summed E-state index contributed by atoms with van der Waals surface area (Å²) in [6.07, 6.45) is 4.05. The first-order chi connectivity index (χ1) is 14.5. The van der Waals surface area contributed by atoms with Gasteiger partial charge in [0.25, 0.3) is 5.91 Å². The van der Waals surface area contributed by atoms with Gasteiger partial charge in [0.2, 0.25) is 11.8 Å². The smallest absolute Gasteiger partial charge is 0.258 e. The molecule has 0 radical (unpaired) electrons. The Morgan fingerprint density at radius 2 is 1.73 bits per heavy atom.